The van der Waals surface area contributed by atoms with Crippen LogP contribution in [0.3, 0.4) is 0 Å². The van der Waals surface area contributed by atoms with Gasteiger partial charge in [-0.3, -0.25) is 24.9 Å². The fraction of sp³-hybridized carbons (Fsp3) is 0.0909. The summed E-state index contributed by atoms with van der Waals surface area (Å²) >= 11 is 1.38. The van der Waals surface area contributed by atoms with Gasteiger partial charge in [0.05, 0.1) is 27.5 Å². The van der Waals surface area contributed by atoms with Crippen LogP contribution in [-0.4, -0.2) is 38.4 Å². The number of nitrogens with zero attached hydrogens (tertiary/aromatic N) is 6. The van der Waals surface area contributed by atoms with Crippen molar-refractivity contribution < 1.29 is 9.59 Å². The minimum atomic E-state index is -0.261. The summed E-state index contributed by atoms with van der Waals surface area (Å²) in [6.07, 6.45) is 7.72. The molecular weight excluding hydrogens is 558 g/mol. The first-order chi connectivity index (χ1) is 21.0. The largest absolute Gasteiger partial charge is 0.311 e. The molecule has 0 fully saturated rings. The number of pyridine rings is 2. The molecule has 10 heteroatoms. The SMILES string of the molecule is CN(C(=O)c1cccc(C#N)c1)c1ccc2c(c1)nc(NC(=O)c1ccc(-c3cccnc3)s1)n2CCc1cccnc1. The van der Waals surface area contributed by atoms with Crippen molar-refractivity contribution in [1.82, 2.24) is 19.5 Å². The van der Waals surface area contributed by atoms with Crippen molar-refractivity contribution in [3.05, 3.63) is 125 Å². The molecule has 2 aromatic carbocycles. The van der Waals surface area contributed by atoms with Crippen LogP contribution in [0.4, 0.5) is 11.6 Å². The third-order valence-electron chi connectivity index (χ3n) is 7.01. The number of amides is 2. The van der Waals surface area contributed by atoms with Crippen molar-refractivity contribution in [2.75, 3.05) is 17.3 Å². The highest BCUT2D eigenvalue weighted by atomic mass is 32.1. The number of rotatable bonds is 8. The minimum Gasteiger partial charge on any atom is -0.311 e. The first-order valence-corrected chi connectivity index (χ1v) is 14.3. The standard InChI is InChI=1S/C33H25N7O2S/c1-39(32(42)24-7-2-5-23(17-24)19-34)26-9-10-28-27(18-26)37-33(40(28)16-13-22-6-3-14-35-20-22)38-31(41)30-12-11-29(43-30)25-8-4-15-36-21-25/h2-12,14-15,17-18,20-21H,13,16H2,1H3,(H,37,38,41). The maximum Gasteiger partial charge on any atom is 0.268 e. The molecule has 6 aromatic rings. The molecule has 0 saturated carbocycles. The zero-order valence-electron chi connectivity index (χ0n) is 23.1. The highest BCUT2D eigenvalue weighted by Crippen LogP contribution is 2.30. The minimum absolute atomic E-state index is 0.247. The van der Waals surface area contributed by atoms with Crippen LogP contribution in [0.2, 0.25) is 0 Å². The summed E-state index contributed by atoms with van der Waals surface area (Å²) in [4.78, 5) is 42.8. The molecule has 4 aromatic heterocycles. The Kier molecular flexibility index (Phi) is 7.72. The van der Waals surface area contributed by atoms with Crippen molar-refractivity contribution in [3.63, 3.8) is 0 Å². The number of anilines is 2. The Bertz CT molecular complexity index is 1980. The van der Waals surface area contributed by atoms with Gasteiger partial charge < -0.3 is 9.47 Å². The zero-order chi connectivity index (χ0) is 29.8. The summed E-state index contributed by atoms with van der Waals surface area (Å²) < 4.78 is 1.97. The van der Waals surface area contributed by atoms with E-state index in [1.807, 2.05) is 59.3 Å². The first-order valence-electron chi connectivity index (χ1n) is 13.5. The number of fused-ring (bicyclic) bond motifs is 1. The number of hydrogen-bond acceptors (Lipinski definition) is 7. The Morgan fingerprint density at radius 3 is 2.58 bits per heavy atom. The molecule has 0 spiro atoms. The summed E-state index contributed by atoms with van der Waals surface area (Å²) in [6.45, 7) is 0.554. The Morgan fingerprint density at radius 2 is 1.81 bits per heavy atom. The van der Waals surface area contributed by atoms with E-state index in [1.165, 1.54) is 16.2 Å². The van der Waals surface area contributed by atoms with E-state index in [4.69, 9.17) is 4.98 Å². The number of carbonyl (C=O) groups is 2. The number of carbonyl (C=O) groups excluding carboxylic acids is 2. The quantitative estimate of drug-likeness (QED) is 0.228. The number of hydrogen-bond donors (Lipinski definition) is 1. The van der Waals surface area contributed by atoms with Gasteiger partial charge >= 0.3 is 0 Å². The van der Waals surface area contributed by atoms with Crippen molar-refractivity contribution in [2.45, 2.75) is 13.0 Å². The third kappa shape index (κ3) is 5.88. The molecule has 2 amide bonds. The molecule has 0 saturated heterocycles. The van der Waals surface area contributed by atoms with Crippen LogP contribution in [0.25, 0.3) is 21.5 Å². The number of nitriles is 1. The lowest BCUT2D eigenvalue weighted by molar-refractivity contribution is 0.0991. The first kappa shape index (κ1) is 27.5. The number of thiophene rings is 1. The van der Waals surface area contributed by atoms with Crippen molar-refractivity contribution in [1.29, 1.82) is 5.26 Å². The molecule has 0 unspecified atom stereocenters. The zero-order valence-corrected chi connectivity index (χ0v) is 24.0. The van der Waals surface area contributed by atoms with Gasteiger partial charge in [0.15, 0.2) is 0 Å². The van der Waals surface area contributed by atoms with E-state index in [0.717, 1.165) is 21.5 Å². The van der Waals surface area contributed by atoms with Crippen molar-refractivity contribution in [2.24, 2.45) is 0 Å². The summed E-state index contributed by atoms with van der Waals surface area (Å²) in [5.41, 5.74) is 4.92. The maximum absolute atomic E-state index is 13.4. The Hall–Kier alpha value is -5.66. The van der Waals surface area contributed by atoms with Crippen LogP contribution in [-0.2, 0) is 13.0 Å². The predicted octanol–water partition coefficient (Wildman–Crippen LogP) is 6.20. The topological polar surface area (TPSA) is 117 Å². The number of aryl methyl sites for hydroxylation is 2. The second-order valence-electron chi connectivity index (χ2n) is 9.79. The van der Waals surface area contributed by atoms with Gasteiger partial charge in [0.1, 0.15) is 0 Å². The molecule has 210 valence electrons. The second kappa shape index (κ2) is 12.1. The lowest BCUT2D eigenvalue weighted by Gasteiger charge is -2.17. The number of benzene rings is 2. The van der Waals surface area contributed by atoms with E-state index in [-0.39, 0.29) is 11.8 Å². The predicted molar refractivity (Wildman–Crippen MR) is 167 cm³/mol. The summed E-state index contributed by atoms with van der Waals surface area (Å²) in [6, 6.07) is 25.7. The fourth-order valence-electron chi connectivity index (χ4n) is 4.75. The van der Waals surface area contributed by atoms with E-state index in [2.05, 4.69) is 21.4 Å². The Morgan fingerprint density at radius 1 is 0.977 bits per heavy atom. The molecule has 1 N–H and O–H groups in total. The van der Waals surface area contributed by atoms with Gasteiger partial charge in [-0.1, -0.05) is 18.2 Å². The van der Waals surface area contributed by atoms with E-state index in [1.54, 1.807) is 56.0 Å². The molecule has 0 aliphatic heterocycles. The molecule has 6 rings (SSSR count). The molecule has 9 nitrogen and oxygen atoms in total. The van der Waals surface area contributed by atoms with Crippen LogP contribution >= 0.6 is 11.3 Å². The summed E-state index contributed by atoms with van der Waals surface area (Å²) in [5, 5.41) is 12.2. The number of nitrogens with one attached hydrogen (secondary N) is 1. The van der Waals surface area contributed by atoms with Gasteiger partial charge in [-0.15, -0.1) is 11.3 Å². The maximum atomic E-state index is 13.4. The lowest BCUT2D eigenvalue weighted by Crippen LogP contribution is -2.26. The Balaban J connectivity index is 1.31. The van der Waals surface area contributed by atoms with E-state index < -0.39 is 0 Å². The molecule has 0 bridgehead atoms. The van der Waals surface area contributed by atoms with Crippen LogP contribution in [0, 0.1) is 11.3 Å². The molecule has 43 heavy (non-hydrogen) atoms. The van der Waals surface area contributed by atoms with Crippen LogP contribution in [0.1, 0.15) is 31.2 Å². The average Bonchev–Trinajstić information content (AvgIpc) is 3.69. The van der Waals surface area contributed by atoms with Gasteiger partial charge in [0.2, 0.25) is 5.95 Å². The third-order valence-corrected chi connectivity index (χ3v) is 8.14. The fourth-order valence-corrected chi connectivity index (χ4v) is 5.65. The molecule has 0 aliphatic carbocycles. The van der Waals surface area contributed by atoms with Crippen molar-refractivity contribution >= 4 is 45.8 Å². The van der Waals surface area contributed by atoms with Crippen LogP contribution < -0.4 is 10.2 Å². The number of aromatic nitrogens is 4. The highest BCUT2D eigenvalue weighted by Gasteiger charge is 2.19. The van der Waals surface area contributed by atoms with Gasteiger partial charge in [-0.05, 0) is 72.6 Å². The van der Waals surface area contributed by atoms with Crippen LogP contribution in [0.5, 0.6) is 0 Å². The molecule has 0 atom stereocenters. The van der Waals surface area contributed by atoms with Gasteiger partial charge in [0, 0.05) is 60.1 Å². The van der Waals surface area contributed by atoms with Gasteiger partial charge in [0.25, 0.3) is 11.8 Å². The van der Waals surface area contributed by atoms with E-state index >= 15 is 0 Å². The monoisotopic (exact) mass is 583 g/mol. The van der Waals surface area contributed by atoms with Gasteiger partial charge in [-0.2, -0.15) is 5.26 Å². The second-order valence-corrected chi connectivity index (χ2v) is 10.9. The number of imidazole rings is 1. The Labute approximate surface area is 251 Å². The molecule has 4 heterocycles. The van der Waals surface area contributed by atoms with E-state index in [9.17, 15) is 14.9 Å². The normalized spacial score (nSPS) is 10.8. The molecule has 0 aliphatic rings. The van der Waals surface area contributed by atoms with E-state index in [0.29, 0.717) is 46.1 Å². The smallest absolute Gasteiger partial charge is 0.268 e. The van der Waals surface area contributed by atoms with Gasteiger partial charge in [-0.25, -0.2) is 4.98 Å². The lowest BCUT2D eigenvalue weighted by atomic mass is 10.1. The highest BCUT2D eigenvalue weighted by molar-refractivity contribution is 7.17. The average molecular weight is 584 g/mol. The van der Waals surface area contributed by atoms with Crippen molar-refractivity contribution in [3.8, 4) is 16.5 Å². The summed E-state index contributed by atoms with van der Waals surface area (Å²) in [5.74, 6) is -0.0980. The molecule has 0 radical (unpaired) electrons. The molecular formula is C33H25N7O2S. The summed E-state index contributed by atoms with van der Waals surface area (Å²) in [7, 11) is 1.68. The van der Waals surface area contributed by atoms with Crippen LogP contribution in [0.15, 0.2) is 104 Å².